The van der Waals surface area contributed by atoms with Crippen molar-refractivity contribution in [3.63, 3.8) is 0 Å². The first-order valence-corrected chi connectivity index (χ1v) is 5.69. The molecule has 0 aromatic heterocycles. The number of carbonyl (C=O) groups is 1. The molecule has 0 rings (SSSR count). The van der Waals surface area contributed by atoms with Crippen molar-refractivity contribution in [1.82, 2.24) is 10.3 Å². The molecule has 10 heavy (non-hydrogen) atoms. The van der Waals surface area contributed by atoms with E-state index in [4.69, 9.17) is 0 Å². The summed E-state index contributed by atoms with van der Waals surface area (Å²) in [5, 5.41) is 0. The minimum atomic E-state index is -0.859. The highest BCUT2D eigenvalue weighted by molar-refractivity contribution is 8.30. The lowest BCUT2D eigenvalue weighted by molar-refractivity contribution is -0.116. The van der Waals surface area contributed by atoms with Gasteiger partial charge in [0.1, 0.15) is 0 Å². The molecule has 0 aliphatic heterocycles. The molecule has 0 aromatic carbocycles. The summed E-state index contributed by atoms with van der Waals surface area (Å²) >= 11 is 0. The fourth-order valence-corrected chi connectivity index (χ4v) is 0.661. The van der Waals surface area contributed by atoms with Crippen LogP contribution in [0.1, 0.15) is 0 Å². The summed E-state index contributed by atoms with van der Waals surface area (Å²) < 4.78 is 0. The summed E-state index contributed by atoms with van der Waals surface area (Å²) in [6.45, 7) is 3.32. The molecule has 0 aliphatic rings. The summed E-state index contributed by atoms with van der Waals surface area (Å²) in [5.41, 5.74) is 2.50. The van der Waals surface area contributed by atoms with E-state index in [1.165, 1.54) is 6.08 Å². The van der Waals surface area contributed by atoms with Crippen molar-refractivity contribution < 1.29 is 4.79 Å². The Labute approximate surface area is 63.3 Å². The standard InChI is InChI=1S/C6H14N2OS/c1-5-6(9)7-8-10(2,3)4/h5,8H,1H2,2-4H3,(H,7,9). The molecule has 0 heterocycles. The van der Waals surface area contributed by atoms with Crippen LogP contribution in [0.3, 0.4) is 0 Å². The van der Waals surface area contributed by atoms with Crippen LogP contribution >= 0.6 is 10.2 Å². The highest BCUT2D eigenvalue weighted by atomic mass is 32.3. The summed E-state index contributed by atoms with van der Waals surface area (Å²) in [4.78, 5) is 13.5. The van der Waals surface area contributed by atoms with E-state index in [2.05, 4.69) is 16.8 Å². The minimum Gasteiger partial charge on any atom is -0.280 e. The largest absolute Gasteiger partial charge is 0.280 e. The van der Waals surface area contributed by atoms with Crippen LogP contribution in [0.25, 0.3) is 0 Å². The van der Waals surface area contributed by atoms with Crippen LogP contribution in [0.4, 0.5) is 0 Å². The molecule has 0 atom stereocenters. The summed E-state index contributed by atoms with van der Waals surface area (Å²) in [6, 6.07) is 0. The van der Waals surface area contributed by atoms with Crippen LogP contribution in [-0.4, -0.2) is 24.7 Å². The molecule has 2 N–H and O–H groups in total. The van der Waals surface area contributed by atoms with Crippen molar-refractivity contribution >= 4 is 16.1 Å². The van der Waals surface area contributed by atoms with Crippen molar-refractivity contribution in [3.05, 3.63) is 12.7 Å². The Morgan fingerprint density at radius 2 is 2.00 bits per heavy atom. The number of carbonyl (C=O) groups excluding carboxylic acids is 1. The van der Waals surface area contributed by atoms with Crippen molar-refractivity contribution in [1.29, 1.82) is 0 Å². The van der Waals surface area contributed by atoms with E-state index in [1.807, 2.05) is 18.8 Å². The van der Waals surface area contributed by atoms with Crippen LogP contribution in [0.5, 0.6) is 0 Å². The lowest BCUT2D eigenvalue weighted by Gasteiger charge is -2.26. The maximum atomic E-state index is 10.6. The molecule has 0 aromatic rings. The average molecular weight is 162 g/mol. The van der Waals surface area contributed by atoms with E-state index in [1.54, 1.807) is 0 Å². The molecular weight excluding hydrogens is 148 g/mol. The Morgan fingerprint density at radius 3 is 2.30 bits per heavy atom. The number of hydrazine groups is 1. The second kappa shape index (κ2) is 3.63. The average Bonchev–Trinajstić information content (AvgIpc) is 1.81. The number of nitrogens with one attached hydrogen (secondary N) is 2. The lowest BCUT2D eigenvalue weighted by Crippen LogP contribution is -2.37. The summed E-state index contributed by atoms with van der Waals surface area (Å²) in [7, 11) is -0.859. The Morgan fingerprint density at radius 1 is 1.50 bits per heavy atom. The third kappa shape index (κ3) is 5.65. The first-order chi connectivity index (χ1) is 4.45. The molecule has 0 saturated carbocycles. The van der Waals surface area contributed by atoms with E-state index in [9.17, 15) is 4.79 Å². The molecule has 3 nitrogen and oxygen atoms in total. The van der Waals surface area contributed by atoms with Crippen LogP contribution in [-0.2, 0) is 4.79 Å². The van der Waals surface area contributed by atoms with Crippen molar-refractivity contribution in [2.45, 2.75) is 0 Å². The van der Waals surface area contributed by atoms with Gasteiger partial charge >= 0.3 is 0 Å². The van der Waals surface area contributed by atoms with Crippen LogP contribution in [0.2, 0.25) is 0 Å². The smallest absolute Gasteiger partial charge is 0.258 e. The Balaban J connectivity index is 3.55. The van der Waals surface area contributed by atoms with Crippen LogP contribution < -0.4 is 10.3 Å². The Kier molecular flexibility index (Phi) is 3.46. The van der Waals surface area contributed by atoms with Crippen molar-refractivity contribution in [3.8, 4) is 0 Å². The van der Waals surface area contributed by atoms with E-state index < -0.39 is 10.2 Å². The highest BCUT2D eigenvalue weighted by Gasteiger charge is 2.01. The molecule has 1 amide bonds. The zero-order valence-electron chi connectivity index (χ0n) is 6.60. The maximum Gasteiger partial charge on any atom is 0.258 e. The lowest BCUT2D eigenvalue weighted by atomic mass is 10.6. The molecule has 0 unspecified atom stereocenters. The van der Waals surface area contributed by atoms with E-state index in [0.717, 1.165) is 0 Å². The number of hydrogen-bond donors (Lipinski definition) is 2. The normalized spacial score (nSPS) is 12.3. The molecular formula is C6H14N2OS. The van der Waals surface area contributed by atoms with Gasteiger partial charge in [-0.3, -0.25) is 10.2 Å². The zero-order chi connectivity index (χ0) is 8.20. The highest BCUT2D eigenvalue weighted by Crippen LogP contribution is 2.26. The summed E-state index contributed by atoms with van der Waals surface area (Å²) in [5.74, 6) is -0.192. The third-order valence-corrected chi connectivity index (χ3v) is 1.38. The van der Waals surface area contributed by atoms with E-state index in [-0.39, 0.29) is 5.91 Å². The number of hydrogen-bond acceptors (Lipinski definition) is 2. The molecule has 4 heteroatoms. The SMILES string of the molecule is C=CC(=O)NNS(C)(C)C. The van der Waals surface area contributed by atoms with Gasteiger partial charge in [-0.1, -0.05) is 6.58 Å². The van der Waals surface area contributed by atoms with Gasteiger partial charge in [0.2, 0.25) is 0 Å². The number of amides is 1. The predicted molar refractivity (Wildman–Crippen MR) is 46.8 cm³/mol. The van der Waals surface area contributed by atoms with Gasteiger partial charge in [0.05, 0.1) is 0 Å². The molecule has 60 valence electrons. The van der Waals surface area contributed by atoms with E-state index >= 15 is 0 Å². The van der Waals surface area contributed by atoms with Crippen molar-refractivity contribution in [2.24, 2.45) is 0 Å². The van der Waals surface area contributed by atoms with Gasteiger partial charge in [-0.15, -0.1) is 0 Å². The fraction of sp³-hybridized carbons (Fsp3) is 0.500. The second-order valence-corrected chi connectivity index (χ2v) is 6.51. The minimum absolute atomic E-state index is 0.192. The zero-order valence-corrected chi connectivity index (χ0v) is 7.42. The Bertz CT molecular complexity index is 139. The topological polar surface area (TPSA) is 41.1 Å². The van der Waals surface area contributed by atoms with Gasteiger partial charge < -0.3 is 0 Å². The van der Waals surface area contributed by atoms with Crippen molar-refractivity contribution in [2.75, 3.05) is 18.8 Å². The predicted octanol–water partition coefficient (Wildman–Crippen LogP) is 0.402. The van der Waals surface area contributed by atoms with Crippen LogP contribution in [0, 0.1) is 0 Å². The van der Waals surface area contributed by atoms with Gasteiger partial charge in [0.25, 0.3) is 5.91 Å². The maximum absolute atomic E-state index is 10.6. The molecule has 0 saturated heterocycles. The fourth-order valence-electron chi connectivity index (χ4n) is 0.254. The first kappa shape index (κ1) is 9.52. The molecule has 0 radical (unpaired) electrons. The van der Waals surface area contributed by atoms with Gasteiger partial charge in [0, 0.05) is 0 Å². The number of rotatable bonds is 3. The van der Waals surface area contributed by atoms with E-state index in [0.29, 0.717) is 0 Å². The van der Waals surface area contributed by atoms with Gasteiger partial charge in [-0.25, -0.2) is 0 Å². The molecule has 0 spiro atoms. The molecule has 0 bridgehead atoms. The third-order valence-electron chi connectivity index (χ3n) is 0.666. The first-order valence-electron chi connectivity index (χ1n) is 2.83. The quantitative estimate of drug-likeness (QED) is 0.466. The molecule has 0 fully saturated rings. The monoisotopic (exact) mass is 162 g/mol. The Hall–Kier alpha value is -0.480. The van der Waals surface area contributed by atoms with Gasteiger partial charge in [-0.05, 0) is 24.8 Å². The summed E-state index contributed by atoms with van der Waals surface area (Å²) in [6.07, 6.45) is 7.35. The molecule has 0 aliphatic carbocycles. The van der Waals surface area contributed by atoms with Crippen LogP contribution in [0.15, 0.2) is 12.7 Å². The van der Waals surface area contributed by atoms with Gasteiger partial charge in [0.15, 0.2) is 0 Å². The van der Waals surface area contributed by atoms with Gasteiger partial charge in [-0.2, -0.15) is 15.0 Å². The second-order valence-electron chi connectivity index (χ2n) is 2.63.